The van der Waals surface area contributed by atoms with Gasteiger partial charge >= 0.3 is 6.03 Å². The molecule has 1 unspecified atom stereocenters. The number of aromatic nitrogens is 2. The smallest absolute Gasteiger partial charge is 0.323 e. The number of carbonyl (C=O) groups is 3. The Morgan fingerprint density at radius 1 is 1.02 bits per heavy atom. The summed E-state index contributed by atoms with van der Waals surface area (Å²) in [5.74, 6) is -0.194. The number of carbonyl (C=O) groups excluding carboxylic acids is 3. The van der Waals surface area contributed by atoms with Crippen molar-refractivity contribution >= 4 is 23.5 Å². The van der Waals surface area contributed by atoms with E-state index in [1.165, 1.54) is 14.5 Å². The van der Waals surface area contributed by atoms with E-state index in [9.17, 15) is 14.4 Å². The molecule has 11 heteroatoms. The van der Waals surface area contributed by atoms with Crippen LogP contribution in [0.15, 0.2) is 54.6 Å². The number of amides is 4. The number of aryl methyl sites for hydroxylation is 1. The lowest BCUT2D eigenvalue weighted by Crippen LogP contribution is -2.54. The van der Waals surface area contributed by atoms with Crippen LogP contribution >= 0.6 is 0 Å². The van der Waals surface area contributed by atoms with Gasteiger partial charge in [0.1, 0.15) is 11.4 Å². The van der Waals surface area contributed by atoms with Gasteiger partial charge in [-0.25, -0.2) is 4.79 Å². The van der Waals surface area contributed by atoms with Crippen LogP contribution in [-0.4, -0.2) is 63.8 Å². The van der Waals surface area contributed by atoms with Crippen LogP contribution in [0, 0.1) is 0 Å². The van der Waals surface area contributed by atoms with Gasteiger partial charge in [-0.1, -0.05) is 45.0 Å². The molecular weight excluding hydrogens is 510 g/mol. The molecule has 0 bridgehead atoms. The van der Waals surface area contributed by atoms with Gasteiger partial charge in [0.25, 0.3) is 11.8 Å². The zero-order chi connectivity index (χ0) is 29.0. The molecule has 4 amide bonds. The lowest BCUT2D eigenvalue weighted by Gasteiger charge is -2.29. The third-order valence-electron chi connectivity index (χ3n) is 6.83. The van der Waals surface area contributed by atoms with E-state index >= 15 is 0 Å². The highest BCUT2D eigenvalue weighted by Gasteiger charge is 2.44. The summed E-state index contributed by atoms with van der Waals surface area (Å²) < 4.78 is 6.70. The third kappa shape index (κ3) is 6.26. The fourth-order valence-corrected chi connectivity index (χ4v) is 4.53. The first kappa shape index (κ1) is 28.6. The lowest BCUT2D eigenvalue weighted by molar-refractivity contribution is -0.128. The molecule has 40 heavy (non-hydrogen) atoms. The van der Waals surface area contributed by atoms with Crippen LogP contribution in [0.25, 0.3) is 0 Å². The maximum atomic E-state index is 13.8. The predicted octanol–water partition coefficient (Wildman–Crippen LogP) is 2.82. The fourth-order valence-electron chi connectivity index (χ4n) is 4.53. The lowest BCUT2D eigenvalue weighted by atomic mass is 9.92. The maximum Gasteiger partial charge on any atom is 0.323 e. The zero-order valence-corrected chi connectivity index (χ0v) is 23.6. The molecule has 1 fully saturated rings. The van der Waals surface area contributed by atoms with Crippen molar-refractivity contribution in [2.24, 2.45) is 12.8 Å². The van der Waals surface area contributed by atoms with Gasteiger partial charge in [-0.15, -0.1) is 0 Å². The summed E-state index contributed by atoms with van der Waals surface area (Å²) in [5.41, 5.74) is 8.93. The van der Waals surface area contributed by atoms with Crippen LogP contribution in [0.4, 0.5) is 10.5 Å². The van der Waals surface area contributed by atoms with Gasteiger partial charge in [0.2, 0.25) is 0 Å². The Morgan fingerprint density at radius 2 is 1.70 bits per heavy atom. The first-order chi connectivity index (χ1) is 19.0. The monoisotopic (exact) mass is 547 g/mol. The van der Waals surface area contributed by atoms with Crippen molar-refractivity contribution in [2.75, 3.05) is 25.5 Å². The quantitative estimate of drug-likeness (QED) is 0.416. The van der Waals surface area contributed by atoms with Gasteiger partial charge in [-0.3, -0.25) is 19.2 Å². The van der Waals surface area contributed by atoms with E-state index in [0.717, 1.165) is 16.8 Å². The van der Waals surface area contributed by atoms with Gasteiger partial charge < -0.3 is 26.0 Å². The Kier molecular flexibility index (Phi) is 8.43. The number of rotatable bonds is 7. The van der Waals surface area contributed by atoms with Crippen molar-refractivity contribution in [3.8, 4) is 5.75 Å². The Hall–Kier alpha value is -4.38. The topological polar surface area (TPSA) is 135 Å². The molecule has 212 valence electrons. The van der Waals surface area contributed by atoms with Gasteiger partial charge in [-0.2, -0.15) is 5.10 Å². The van der Waals surface area contributed by atoms with Crippen molar-refractivity contribution in [3.63, 3.8) is 0 Å². The van der Waals surface area contributed by atoms with Crippen molar-refractivity contribution in [2.45, 2.75) is 45.4 Å². The molecule has 1 aliphatic rings. The van der Waals surface area contributed by atoms with E-state index < -0.39 is 18.1 Å². The molecule has 4 N–H and O–H groups in total. The van der Waals surface area contributed by atoms with Crippen molar-refractivity contribution < 1.29 is 19.1 Å². The SMILES string of the molecule is COc1ccc(NC(=O)N2CCN(C(=O)c3cc(C(C)(C)C)nn3C)C2C(=O)NCc2cccc(CN)c2)cc1. The first-order valence-corrected chi connectivity index (χ1v) is 13.1. The maximum absolute atomic E-state index is 13.8. The summed E-state index contributed by atoms with van der Waals surface area (Å²) in [4.78, 5) is 43.6. The summed E-state index contributed by atoms with van der Waals surface area (Å²) in [6.45, 7) is 7.01. The van der Waals surface area contributed by atoms with E-state index in [0.29, 0.717) is 23.7 Å². The van der Waals surface area contributed by atoms with Crippen molar-refractivity contribution in [1.82, 2.24) is 24.9 Å². The largest absolute Gasteiger partial charge is 0.497 e. The Labute approximate surface area is 234 Å². The highest BCUT2D eigenvalue weighted by Crippen LogP contribution is 2.25. The summed E-state index contributed by atoms with van der Waals surface area (Å²) in [5, 5.41) is 10.2. The highest BCUT2D eigenvalue weighted by atomic mass is 16.5. The molecule has 2 aromatic carbocycles. The molecule has 1 aliphatic heterocycles. The Morgan fingerprint density at radius 3 is 2.33 bits per heavy atom. The molecule has 4 rings (SSSR count). The molecule has 0 saturated carbocycles. The zero-order valence-electron chi connectivity index (χ0n) is 23.6. The number of nitrogens with zero attached hydrogens (tertiary/aromatic N) is 4. The minimum Gasteiger partial charge on any atom is -0.497 e. The summed E-state index contributed by atoms with van der Waals surface area (Å²) in [6, 6.07) is 15.7. The first-order valence-electron chi connectivity index (χ1n) is 13.1. The van der Waals surface area contributed by atoms with Crippen molar-refractivity contribution in [3.05, 3.63) is 77.1 Å². The van der Waals surface area contributed by atoms with Gasteiger partial charge in [-0.05, 0) is 41.5 Å². The molecular formula is C29H37N7O4. The Bertz CT molecular complexity index is 1380. The average molecular weight is 548 g/mol. The molecule has 1 saturated heterocycles. The van der Waals surface area contributed by atoms with E-state index in [4.69, 9.17) is 10.5 Å². The van der Waals surface area contributed by atoms with Crippen LogP contribution in [0.3, 0.4) is 0 Å². The van der Waals surface area contributed by atoms with Gasteiger partial charge in [0.05, 0.1) is 12.8 Å². The molecule has 0 aliphatic carbocycles. The Balaban J connectivity index is 1.59. The molecule has 1 atom stereocenters. The molecule has 2 heterocycles. The average Bonchev–Trinajstić information content (AvgIpc) is 3.56. The van der Waals surface area contributed by atoms with E-state index in [2.05, 4.69) is 15.7 Å². The fraction of sp³-hybridized carbons (Fsp3) is 0.379. The summed E-state index contributed by atoms with van der Waals surface area (Å²) >= 11 is 0. The summed E-state index contributed by atoms with van der Waals surface area (Å²) in [7, 11) is 3.26. The van der Waals surface area contributed by atoms with Crippen LogP contribution in [-0.2, 0) is 30.3 Å². The second kappa shape index (κ2) is 11.8. The normalized spacial score (nSPS) is 15.2. The van der Waals surface area contributed by atoms with E-state index in [-0.39, 0.29) is 31.0 Å². The number of methoxy groups -OCH3 is 1. The highest BCUT2D eigenvalue weighted by molar-refractivity contribution is 6.00. The number of nitrogens with two attached hydrogens (primary N) is 1. The number of urea groups is 1. The number of nitrogens with one attached hydrogen (secondary N) is 2. The minimum absolute atomic E-state index is 0.179. The number of hydrogen-bond acceptors (Lipinski definition) is 6. The second-order valence-corrected chi connectivity index (χ2v) is 10.8. The molecule has 0 spiro atoms. The third-order valence-corrected chi connectivity index (χ3v) is 6.83. The van der Waals surface area contributed by atoms with E-state index in [1.807, 2.05) is 45.0 Å². The van der Waals surface area contributed by atoms with Crippen LogP contribution in [0.2, 0.25) is 0 Å². The number of ether oxygens (including phenoxy) is 1. The van der Waals surface area contributed by atoms with Crippen LogP contribution in [0.5, 0.6) is 5.75 Å². The van der Waals surface area contributed by atoms with Crippen LogP contribution < -0.4 is 21.1 Å². The predicted molar refractivity (Wildman–Crippen MR) is 152 cm³/mol. The van der Waals surface area contributed by atoms with Crippen molar-refractivity contribution in [1.29, 1.82) is 0 Å². The molecule has 0 radical (unpaired) electrons. The van der Waals surface area contributed by atoms with Gasteiger partial charge in [0, 0.05) is 44.3 Å². The number of hydrogen-bond donors (Lipinski definition) is 3. The second-order valence-electron chi connectivity index (χ2n) is 10.8. The number of benzene rings is 2. The molecule has 1 aromatic heterocycles. The van der Waals surface area contributed by atoms with Gasteiger partial charge in [0.15, 0.2) is 6.17 Å². The number of anilines is 1. The van der Waals surface area contributed by atoms with Crippen LogP contribution in [0.1, 0.15) is 48.1 Å². The minimum atomic E-state index is -1.16. The van der Waals surface area contributed by atoms with E-state index in [1.54, 1.807) is 44.5 Å². The summed E-state index contributed by atoms with van der Waals surface area (Å²) in [6.07, 6.45) is -1.16. The molecule has 3 aromatic rings. The molecule has 11 nitrogen and oxygen atoms in total. The standard InChI is InChI=1S/C29H37N7O4/c1-29(2,3)24-16-23(34(4)33-24)27(38)35-13-14-36(28(39)32-21-9-11-22(40-5)12-10-21)26(35)25(37)31-18-20-8-6-7-19(15-20)17-30/h6-12,15-16,26H,13-14,17-18,30H2,1-5H3,(H,31,37)(H,32,39).